The largest absolute Gasteiger partial charge is 0.397 e. The van der Waals surface area contributed by atoms with Gasteiger partial charge in [0.25, 0.3) is 0 Å². The SMILES string of the molecule is CCCCCCCCCCCCCCCCCCCCCCCCCCCC(=O)NC(COC1OC(CO)C(O)C(OS(=O)(=O)O)C1O)C(O)CCCCCCCCCCCCCCCCCCCCCC. The number of carbonyl (C=O) groups excluding carboxylic acids is 1. The molecule has 12 nitrogen and oxygen atoms in total. The van der Waals surface area contributed by atoms with E-state index >= 15 is 0 Å². The van der Waals surface area contributed by atoms with Crippen LogP contribution in [-0.4, -0.2) is 95.4 Å². The van der Waals surface area contributed by atoms with Gasteiger partial charge in [0.1, 0.15) is 24.4 Å². The minimum atomic E-state index is -5.08. The van der Waals surface area contributed by atoms with Gasteiger partial charge in [0.2, 0.25) is 5.91 Å². The van der Waals surface area contributed by atoms with Crippen LogP contribution >= 0.6 is 0 Å². The van der Waals surface area contributed by atoms with Gasteiger partial charge in [0, 0.05) is 6.42 Å². The summed E-state index contributed by atoms with van der Waals surface area (Å²) >= 11 is 0. The fourth-order valence-corrected chi connectivity index (χ4v) is 10.9. The fraction of sp³-hybridized carbons (Fsp3) is 0.983. The topological polar surface area (TPSA) is 192 Å². The molecule has 1 heterocycles. The van der Waals surface area contributed by atoms with Gasteiger partial charge in [-0.1, -0.05) is 296 Å². The molecule has 0 radical (unpaired) electrons. The number of ether oxygens (including phenoxy) is 2. The smallest absolute Gasteiger partial charge is 0.394 e. The molecule has 0 aromatic rings. The Kier molecular flexibility index (Phi) is 47.7. The van der Waals surface area contributed by atoms with Crippen molar-refractivity contribution in [2.75, 3.05) is 13.2 Å². The Hall–Kier alpha value is -0.900. The molecule has 0 bridgehead atoms. The van der Waals surface area contributed by atoms with Crippen molar-refractivity contribution in [2.24, 2.45) is 0 Å². The standard InChI is InChI=1S/C59H117NO11S/c1-3-5-7-9-11-13-15-17-19-21-23-25-26-27-28-29-31-33-35-37-39-41-43-45-47-49-55(63)60-52(51-69-59-57(65)58(71-72(66,67)68)56(64)54(50-61)70-59)53(62)48-46-44-42-40-38-36-34-32-30-24-22-20-18-16-14-12-10-8-6-4-2/h52-54,56-59,61-62,64-65H,3-51H2,1-2H3,(H,60,63)(H,66,67,68). The Morgan fingerprint density at radius 1 is 0.500 bits per heavy atom. The van der Waals surface area contributed by atoms with Crippen molar-refractivity contribution in [1.29, 1.82) is 0 Å². The van der Waals surface area contributed by atoms with E-state index in [4.69, 9.17) is 9.47 Å². The van der Waals surface area contributed by atoms with Crippen LogP contribution in [0.1, 0.15) is 316 Å². The molecule has 430 valence electrons. The first-order chi connectivity index (χ1) is 35.0. The highest BCUT2D eigenvalue weighted by Crippen LogP contribution is 2.26. The number of nitrogens with one attached hydrogen (secondary N) is 1. The Balaban J connectivity index is 2.30. The summed E-state index contributed by atoms with van der Waals surface area (Å²) in [6, 6.07) is -0.854. The third kappa shape index (κ3) is 41.3. The summed E-state index contributed by atoms with van der Waals surface area (Å²) in [4.78, 5) is 13.2. The van der Waals surface area contributed by atoms with E-state index < -0.39 is 59.9 Å². The summed E-state index contributed by atoms with van der Waals surface area (Å²) in [6.07, 6.45) is 49.7. The number of amides is 1. The zero-order valence-corrected chi connectivity index (χ0v) is 47.6. The van der Waals surface area contributed by atoms with Crippen LogP contribution in [0.3, 0.4) is 0 Å². The highest BCUT2D eigenvalue weighted by molar-refractivity contribution is 7.80. The fourth-order valence-electron chi connectivity index (χ4n) is 10.4. The lowest BCUT2D eigenvalue weighted by Gasteiger charge is -2.41. The van der Waals surface area contributed by atoms with Gasteiger partial charge in [-0.3, -0.25) is 9.35 Å². The maximum Gasteiger partial charge on any atom is 0.397 e. The molecule has 0 aromatic carbocycles. The molecule has 6 N–H and O–H groups in total. The van der Waals surface area contributed by atoms with E-state index in [2.05, 4.69) is 23.3 Å². The van der Waals surface area contributed by atoms with Crippen molar-refractivity contribution < 1.29 is 51.8 Å². The van der Waals surface area contributed by atoms with Crippen molar-refractivity contribution in [3.63, 3.8) is 0 Å². The van der Waals surface area contributed by atoms with Crippen LogP contribution in [0.15, 0.2) is 0 Å². The Morgan fingerprint density at radius 2 is 0.806 bits per heavy atom. The minimum absolute atomic E-state index is 0.221. The van der Waals surface area contributed by atoms with Crippen LogP contribution in [-0.2, 0) is 28.9 Å². The Morgan fingerprint density at radius 3 is 1.11 bits per heavy atom. The van der Waals surface area contributed by atoms with Crippen LogP contribution in [0.25, 0.3) is 0 Å². The predicted molar refractivity (Wildman–Crippen MR) is 296 cm³/mol. The first-order valence-electron chi connectivity index (χ1n) is 30.9. The van der Waals surface area contributed by atoms with Gasteiger partial charge in [0.15, 0.2) is 6.29 Å². The molecule has 1 amide bonds. The summed E-state index contributed by atoms with van der Waals surface area (Å²) in [6.45, 7) is 3.52. The summed E-state index contributed by atoms with van der Waals surface area (Å²) in [5.41, 5.74) is 0. The van der Waals surface area contributed by atoms with Gasteiger partial charge < -0.3 is 35.2 Å². The zero-order chi connectivity index (χ0) is 52.6. The molecule has 0 saturated carbocycles. The van der Waals surface area contributed by atoms with Crippen molar-refractivity contribution in [2.45, 2.75) is 358 Å². The van der Waals surface area contributed by atoms with Crippen molar-refractivity contribution in [3.05, 3.63) is 0 Å². The number of unbranched alkanes of at least 4 members (excludes halogenated alkanes) is 43. The molecule has 72 heavy (non-hydrogen) atoms. The van der Waals surface area contributed by atoms with Crippen LogP contribution in [0.2, 0.25) is 0 Å². The third-order valence-corrected chi connectivity index (χ3v) is 15.6. The Labute approximate surface area is 443 Å². The molecule has 7 atom stereocenters. The molecule has 13 heteroatoms. The molecule has 0 spiro atoms. The normalized spacial score (nSPS) is 19.2. The molecule has 1 aliphatic rings. The van der Waals surface area contributed by atoms with E-state index in [-0.39, 0.29) is 12.5 Å². The molecule has 0 aromatic heterocycles. The molecular weight excluding hydrogens is 931 g/mol. The number of aliphatic hydroxyl groups excluding tert-OH is 4. The first kappa shape index (κ1) is 69.1. The molecule has 0 aliphatic carbocycles. The van der Waals surface area contributed by atoms with Crippen LogP contribution in [0.5, 0.6) is 0 Å². The summed E-state index contributed by atoms with van der Waals surface area (Å²) in [7, 11) is -5.08. The maximum absolute atomic E-state index is 13.2. The van der Waals surface area contributed by atoms with Gasteiger partial charge in [0.05, 0.1) is 25.4 Å². The highest BCUT2D eigenvalue weighted by atomic mass is 32.3. The minimum Gasteiger partial charge on any atom is -0.394 e. The molecule has 1 fully saturated rings. The third-order valence-electron chi connectivity index (χ3n) is 15.2. The van der Waals surface area contributed by atoms with Gasteiger partial charge in [-0.15, -0.1) is 0 Å². The molecule has 7 unspecified atom stereocenters. The van der Waals surface area contributed by atoms with Gasteiger partial charge >= 0.3 is 10.4 Å². The molecular formula is C59H117NO11S. The van der Waals surface area contributed by atoms with Crippen molar-refractivity contribution >= 4 is 16.3 Å². The number of rotatable bonds is 55. The zero-order valence-electron chi connectivity index (χ0n) is 46.8. The van der Waals surface area contributed by atoms with E-state index in [0.29, 0.717) is 12.8 Å². The quantitative estimate of drug-likeness (QED) is 0.0251. The van der Waals surface area contributed by atoms with Crippen molar-refractivity contribution in [3.8, 4) is 0 Å². The van der Waals surface area contributed by atoms with Gasteiger partial charge in [-0.05, 0) is 12.8 Å². The van der Waals surface area contributed by atoms with Crippen LogP contribution in [0.4, 0.5) is 0 Å². The average molecular weight is 1050 g/mol. The number of aliphatic hydroxyl groups is 4. The van der Waals surface area contributed by atoms with Crippen molar-refractivity contribution in [1.82, 2.24) is 5.32 Å². The lowest BCUT2D eigenvalue weighted by Crippen LogP contribution is -2.61. The lowest BCUT2D eigenvalue weighted by molar-refractivity contribution is -0.298. The lowest BCUT2D eigenvalue weighted by atomic mass is 9.99. The van der Waals surface area contributed by atoms with E-state index in [1.807, 2.05) is 0 Å². The van der Waals surface area contributed by atoms with E-state index in [9.17, 15) is 38.2 Å². The van der Waals surface area contributed by atoms with E-state index in [1.165, 1.54) is 238 Å². The molecule has 1 aliphatic heterocycles. The van der Waals surface area contributed by atoms with E-state index in [1.54, 1.807) is 0 Å². The molecule has 1 rings (SSSR count). The second-order valence-electron chi connectivity index (χ2n) is 22.0. The first-order valence-corrected chi connectivity index (χ1v) is 32.3. The Bertz CT molecular complexity index is 1280. The van der Waals surface area contributed by atoms with Crippen LogP contribution in [0, 0.1) is 0 Å². The second-order valence-corrected chi connectivity index (χ2v) is 23.1. The summed E-state index contributed by atoms with van der Waals surface area (Å²) < 4.78 is 48.0. The number of carbonyl (C=O) groups is 1. The van der Waals surface area contributed by atoms with Gasteiger partial charge in [-0.2, -0.15) is 8.42 Å². The number of hydrogen-bond donors (Lipinski definition) is 6. The number of hydrogen-bond acceptors (Lipinski definition) is 10. The second kappa shape index (κ2) is 49.7. The maximum atomic E-state index is 13.2. The highest BCUT2D eigenvalue weighted by Gasteiger charge is 2.48. The van der Waals surface area contributed by atoms with Gasteiger partial charge in [-0.25, -0.2) is 4.18 Å². The molecule has 1 saturated heterocycles. The monoisotopic (exact) mass is 1050 g/mol. The summed E-state index contributed by atoms with van der Waals surface area (Å²) in [5.74, 6) is -0.221. The van der Waals surface area contributed by atoms with Crippen LogP contribution < -0.4 is 5.32 Å². The summed E-state index contributed by atoms with van der Waals surface area (Å²) in [5, 5.41) is 45.2. The average Bonchev–Trinajstić information content (AvgIpc) is 3.36. The van der Waals surface area contributed by atoms with E-state index in [0.717, 1.165) is 51.4 Å². The predicted octanol–water partition coefficient (Wildman–Crippen LogP) is 14.9.